The predicted molar refractivity (Wildman–Crippen MR) is 77.6 cm³/mol. The van der Waals surface area contributed by atoms with Crippen molar-refractivity contribution in [1.82, 2.24) is 0 Å². The largest absolute Gasteiger partial charge is 0.496 e. The molecule has 3 nitrogen and oxygen atoms in total. The summed E-state index contributed by atoms with van der Waals surface area (Å²) in [7, 11) is 1.74. The summed E-state index contributed by atoms with van der Waals surface area (Å²) in [6.07, 6.45) is 2.96. The van der Waals surface area contributed by atoms with E-state index in [4.69, 9.17) is 15.2 Å². The van der Waals surface area contributed by atoms with Crippen molar-refractivity contribution in [2.75, 3.05) is 20.3 Å². The Morgan fingerprint density at radius 3 is 2.68 bits per heavy atom. The Kier molecular flexibility index (Phi) is 4.16. The molecule has 1 aliphatic heterocycles. The van der Waals surface area contributed by atoms with Crippen LogP contribution in [0.15, 0.2) is 24.3 Å². The van der Waals surface area contributed by atoms with Crippen molar-refractivity contribution >= 4 is 0 Å². The highest BCUT2D eigenvalue weighted by molar-refractivity contribution is 5.40. The lowest BCUT2D eigenvalue weighted by Gasteiger charge is -2.45. The average Bonchev–Trinajstić information content (AvgIpc) is 2.38. The maximum absolute atomic E-state index is 5.88. The molecule has 0 spiro atoms. The molecule has 1 saturated heterocycles. The molecule has 1 fully saturated rings. The normalized spacial score (nSPS) is 26.1. The fraction of sp³-hybridized carbons (Fsp3) is 0.625. The molecule has 2 N–H and O–H groups in total. The molecule has 0 saturated carbocycles. The Hall–Kier alpha value is -1.06. The Bertz CT molecular complexity index is 427. The van der Waals surface area contributed by atoms with Crippen LogP contribution in [0.25, 0.3) is 0 Å². The SMILES string of the molecule is COc1ccccc1C1(CCN)CCOC(C)(C)C1. The molecule has 19 heavy (non-hydrogen) atoms. The highest BCUT2D eigenvalue weighted by Crippen LogP contribution is 2.46. The molecule has 0 bridgehead atoms. The maximum Gasteiger partial charge on any atom is 0.122 e. The Morgan fingerprint density at radius 1 is 1.32 bits per heavy atom. The molecule has 0 aliphatic carbocycles. The smallest absolute Gasteiger partial charge is 0.122 e. The standard InChI is InChI=1S/C16H25NO2/c1-15(2)12-16(8-10-17,9-11-19-15)13-6-4-5-7-14(13)18-3/h4-7H,8-12,17H2,1-3H3. The third kappa shape index (κ3) is 2.93. The number of hydrogen-bond acceptors (Lipinski definition) is 3. The first-order chi connectivity index (χ1) is 9.03. The Morgan fingerprint density at radius 2 is 2.05 bits per heavy atom. The van der Waals surface area contributed by atoms with Crippen molar-refractivity contribution in [3.8, 4) is 5.75 Å². The molecule has 0 aromatic heterocycles. The molecule has 3 heteroatoms. The first kappa shape index (κ1) is 14.4. The van der Waals surface area contributed by atoms with Gasteiger partial charge in [0.25, 0.3) is 0 Å². The van der Waals surface area contributed by atoms with E-state index in [9.17, 15) is 0 Å². The average molecular weight is 263 g/mol. The summed E-state index contributed by atoms with van der Waals surface area (Å²) in [6.45, 7) is 5.79. The van der Waals surface area contributed by atoms with Crippen molar-refractivity contribution in [3.05, 3.63) is 29.8 Å². The van der Waals surface area contributed by atoms with E-state index in [1.807, 2.05) is 12.1 Å². The molecule has 1 aromatic carbocycles. The Balaban J connectivity index is 2.43. The van der Waals surface area contributed by atoms with Crippen LogP contribution in [0.4, 0.5) is 0 Å². The highest BCUT2D eigenvalue weighted by Gasteiger charge is 2.42. The van der Waals surface area contributed by atoms with Gasteiger partial charge in [0.05, 0.1) is 12.7 Å². The van der Waals surface area contributed by atoms with Gasteiger partial charge in [0, 0.05) is 17.6 Å². The fourth-order valence-corrected chi connectivity index (χ4v) is 3.41. The minimum Gasteiger partial charge on any atom is -0.496 e. The first-order valence-corrected chi connectivity index (χ1v) is 7.00. The summed E-state index contributed by atoms with van der Waals surface area (Å²) >= 11 is 0. The van der Waals surface area contributed by atoms with E-state index in [2.05, 4.69) is 26.0 Å². The third-order valence-corrected chi connectivity index (χ3v) is 4.14. The van der Waals surface area contributed by atoms with Crippen LogP contribution in [0.3, 0.4) is 0 Å². The number of rotatable bonds is 4. The van der Waals surface area contributed by atoms with Gasteiger partial charge in [-0.1, -0.05) is 18.2 Å². The van der Waals surface area contributed by atoms with Gasteiger partial charge >= 0.3 is 0 Å². The van der Waals surface area contributed by atoms with Crippen LogP contribution in [0.2, 0.25) is 0 Å². The van der Waals surface area contributed by atoms with Crippen molar-refractivity contribution in [2.45, 2.75) is 44.1 Å². The number of benzene rings is 1. The van der Waals surface area contributed by atoms with Gasteiger partial charge in [0.2, 0.25) is 0 Å². The lowest BCUT2D eigenvalue weighted by Crippen LogP contribution is -2.45. The van der Waals surface area contributed by atoms with Crippen LogP contribution in [-0.4, -0.2) is 25.9 Å². The lowest BCUT2D eigenvalue weighted by molar-refractivity contribution is -0.0839. The minimum absolute atomic E-state index is 0.0725. The van der Waals surface area contributed by atoms with Crippen LogP contribution in [-0.2, 0) is 10.2 Å². The van der Waals surface area contributed by atoms with Gasteiger partial charge in [-0.2, -0.15) is 0 Å². The van der Waals surface area contributed by atoms with E-state index in [0.717, 1.165) is 31.6 Å². The van der Waals surface area contributed by atoms with Crippen LogP contribution < -0.4 is 10.5 Å². The van der Waals surface area contributed by atoms with Crippen LogP contribution >= 0.6 is 0 Å². The molecule has 1 heterocycles. The third-order valence-electron chi connectivity index (χ3n) is 4.14. The monoisotopic (exact) mass is 263 g/mol. The van der Waals surface area contributed by atoms with Gasteiger partial charge in [-0.15, -0.1) is 0 Å². The van der Waals surface area contributed by atoms with E-state index < -0.39 is 0 Å². The van der Waals surface area contributed by atoms with E-state index in [1.54, 1.807) is 7.11 Å². The second-order valence-electron chi connectivity index (χ2n) is 6.05. The van der Waals surface area contributed by atoms with Gasteiger partial charge in [0.15, 0.2) is 0 Å². The molecule has 1 aliphatic rings. The molecule has 0 radical (unpaired) electrons. The van der Waals surface area contributed by atoms with Gasteiger partial charge < -0.3 is 15.2 Å². The second-order valence-corrected chi connectivity index (χ2v) is 6.05. The molecule has 2 rings (SSSR count). The number of hydrogen-bond donors (Lipinski definition) is 1. The van der Waals surface area contributed by atoms with Crippen molar-refractivity contribution < 1.29 is 9.47 Å². The molecule has 1 atom stereocenters. The summed E-state index contributed by atoms with van der Waals surface area (Å²) in [4.78, 5) is 0. The summed E-state index contributed by atoms with van der Waals surface area (Å²) in [5.74, 6) is 0.966. The zero-order chi connectivity index (χ0) is 13.9. The number of para-hydroxylation sites is 1. The summed E-state index contributed by atoms with van der Waals surface area (Å²) in [5.41, 5.74) is 7.13. The molecule has 0 amide bonds. The summed E-state index contributed by atoms with van der Waals surface area (Å²) < 4.78 is 11.4. The predicted octanol–water partition coefficient (Wildman–Crippen LogP) is 2.87. The lowest BCUT2D eigenvalue weighted by atomic mass is 9.67. The molecule has 106 valence electrons. The van der Waals surface area contributed by atoms with Gasteiger partial charge in [-0.05, 0) is 45.7 Å². The number of ether oxygens (including phenoxy) is 2. The second kappa shape index (κ2) is 5.51. The zero-order valence-electron chi connectivity index (χ0n) is 12.2. The van der Waals surface area contributed by atoms with Crippen molar-refractivity contribution in [3.63, 3.8) is 0 Å². The van der Waals surface area contributed by atoms with E-state index in [-0.39, 0.29) is 11.0 Å². The molecular formula is C16H25NO2. The van der Waals surface area contributed by atoms with Gasteiger partial charge in [-0.3, -0.25) is 0 Å². The summed E-state index contributed by atoms with van der Waals surface area (Å²) in [6, 6.07) is 8.31. The van der Waals surface area contributed by atoms with Gasteiger partial charge in [0.1, 0.15) is 5.75 Å². The van der Waals surface area contributed by atoms with E-state index >= 15 is 0 Å². The maximum atomic E-state index is 5.88. The minimum atomic E-state index is -0.103. The number of nitrogens with two attached hydrogens (primary N) is 1. The van der Waals surface area contributed by atoms with E-state index in [1.165, 1.54) is 5.56 Å². The first-order valence-electron chi connectivity index (χ1n) is 7.00. The fourth-order valence-electron chi connectivity index (χ4n) is 3.41. The number of methoxy groups -OCH3 is 1. The Labute approximate surface area is 116 Å². The van der Waals surface area contributed by atoms with Crippen molar-refractivity contribution in [2.24, 2.45) is 5.73 Å². The van der Waals surface area contributed by atoms with Crippen LogP contribution in [0.1, 0.15) is 38.7 Å². The summed E-state index contributed by atoms with van der Waals surface area (Å²) in [5, 5.41) is 0. The molecule has 1 unspecified atom stereocenters. The molecular weight excluding hydrogens is 238 g/mol. The van der Waals surface area contributed by atoms with Crippen LogP contribution in [0.5, 0.6) is 5.75 Å². The quantitative estimate of drug-likeness (QED) is 0.908. The van der Waals surface area contributed by atoms with Crippen LogP contribution in [0, 0.1) is 0 Å². The molecule has 1 aromatic rings. The van der Waals surface area contributed by atoms with Gasteiger partial charge in [-0.25, -0.2) is 0 Å². The van der Waals surface area contributed by atoms with E-state index in [0.29, 0.717) is 6.54 Å². The highest BCUT2D eigenvalue weighted by atomic mass is 16.5. The topological polar surface area (TPSA) is 44.5 Å². The zero-order valence-corrected chi connectivity index (χ0v) is 12.2. The van der Waals surface area contributed by atoms with Crippen molar-refractivity contribution in [1.29, 1.82) is 0 Å².